The highest BCUT2D eigenvalue weighted by Gasteiger charge is 2.07. The lowest BCUT2D eigenvalue weighted by Crippen LogP contribution is -2.23. The first-order chi connectivity index (χ1) is 14.1. The van der Waals surface area contributed by atoms with Crippen molar-refractivity contribution in [3.05, 3.63) is 83.6 Å². The van der Waals surface area contributed by atoms with Gasteiger partial charge in [0.25, 0.3) is 0 Å². The van der Waals surface area contributed by atoms with Crippen LogP contribution in [0.3, 0.4) is 0 Å². The van der Waals surface area contributed by atoms with Crippen LogP contribution in [0, 0.1) is 0 Å². The zero-order valence-electron chi connectivity index (χ0n) is 18.1. The second kappa shape index (κ2) is 13.2. The van der Waals surface area contributed by atoms with Crippen LogP contribution in [-0.2, 0) is 0 Å². The number of para-hydroxylation sites is 2. The average molecular weight is 409 g/mol. The van der Waals surface area contributed by atoms with Crippen molar-refractivity contribution in [2.45, 2.75) is 39.5 Å². The van der Waals surface area contributed by atoms with E-state index in [-0.39, 0.29) is 0 Å². The van der Waals surface area contributed by atoms with E-state index in [9.17, 15) is 0 Å². The quantitative estimate of drug-likeness (QED) is 0.322. The highest BCUT2D eigenvalue weighted by molar-refractivity contribution is 8.06. The van der Waals surface area contributed by atoms with Crippen LogP contribution in [0.25, 0.3) is 0 Å². The third kappa shape index (κ3) is 8.41. The zero-order chi connectivity index (χ0) is 20.9. The molecule has 0 amide bonds. The van der Waals surface area contributed by atoms with Crippen molar-refractivity contribution in [3.63, 3.8) is 0 Å². The molecule has 0 N–H and O–H groups in total. The molecule has 29 heavy (non-hydrogen) atoms. The van der Waals surface area contributed by atoms with Gasteiger partial charge in [0.05, 0.1) is 0 Å². The molecule has 2 nitrogen and oxygen atoms in total. The van der Waals surface area contributed by atoms with Crippen molar-refractivity contribution in [1.29, 1.82) is 0 Å². The van der Waals surface area contributed by atoms with Crippen molar-refractivity contribution in [2.24, 2.45) is 0 Å². The van der Waals surface area contributed by atoms with Gasteiger partial charge in [-0.1, -0.05) is 49.6 Å². The summed E-state index contributed by atoms with van der Waals surface area (Å²) in [6.45, 7) is 17.2. The molecule has 0 aliphatic rings. The average Bonchev–Trinajstić information content (AvgIpc) is 2.75. The standard InChI is InChI=1S/C26H36N2S/c1-5-27(25-17-9-7-10-18-25)21-13-15-23(3)29-24(4)16-14-22-28(6-2)26-19-11-8-12-20-26/h7-12,17-20H,3-6,13-16,21-22H2,1-2H3. The monoisotopic (exact) mass is 408 g/mol. The number of thioether (sulfide) groups is 1. The van der Waals surface area contributed by atoms with Gasteiger partial charge in [-0.15, -0.1) is 11.8 Å². The second-order valence-corrected chi connectivity index (χ2v) is 8.58. The molecule has 156 valence electrons. The van der Waals surface area contributed by atoms with Gasteiger partial charge in [-0.05, 0) is 73.6 Å². The van der Waals surface area contributed by atoms with Crippen LogP contribution in [0.15, 0.2) is 83.6 Å². The van der Waals surface area contributed by atoms with E-state index in [0.29, 0.717) is 0 Å². The van der Waals surface area contributed by atoms with E-state index in [1.165, 1.54) is 21.2 Å². The molecule has 0 atom stereocenters. The molecule has 2 aromatic carbocycles. The van der Waals surface area contributed by atoms with E-state index in [4.69, 9.17) is 0 Å². The maximum absolute atomic E-state index is 4.27. The Kier molecular flexibility index (Phi) is 10.5. The van der Waals surface area contributed by atoms with Gasteiger partial charge in [0.2, 0.25) is 0 Å². The van der Waals surface area contributed by atoms with Crippen molar-refractivity contribution < 1.29 is 0 Å². The molecular weight excluding hydrogens is 372 g/mol. The number of rotatable bonds is 14. The predicted octanol–water partition coefficient (Wildman–Crippen LogP) is 7.36. The van der Waals surface area contributed by atoms with Gasteiger partial charge in [0.1, 0.15) is 0 Å². The van der Waals surface area contributed by atoms with Gasteiger partial charge in [0.15, 0.2) is 0 Å². The van der Waals surface area contributed by atoms with Gasteiger partial charge in [-0.3, -0.25) is 0 Å². The largest absolute Gasteiger partial charge is 0.372 e. The van der Waals surface area contributed by atoms with E-state index in [1.807, 2.05) is 0 Å². The van der Waals surface area contributed by atoms with Gasteiger partial charge in [-0.25, -0.2) is 0 Å². The Labute approximate surface area is 182 Å². The van der Waals surface area contributed by atoms with E-state index >= 15 is 0 Å². The van der Waals surface area contributed by atoms with Crippen LogP contribution in [0.1, 0.15) is 39.5 Å². The van der Waals surface area contributed by atoms with Crippen LogP contribution in [-0.4, -0.2) is 26.2 Å². The molecule has 0 saturated carbocycles. The number of hydrogen-bond acceptors (Lipinski definition) is 3. The highest BCUT2D eigenvalue weighted by atomic mass is 32.2. The molecule has 0 radical (unpaired) electrons. The Morgan fingerprint density at radius 3 is 1.41 bits per heavy atom. The van der Waals surface area contributed by atoms with Crippen molar-refractivity contribution >= 4 is 23.1 Å². The fourth-order valence-electron chi connectivity index (χ4n) is 3.46. The topological polar surface area (TPSA) is 6.48 Å². The second-order valence-electron chi connectivity index (χ2n) is 7.22. The maximum atomic E-state index is 4.27. The summed E-state index contributed by atoms with van der Waals surface area (Å²) in [5.41, 5.74) is 2.60. The van der Waals surface area contributed by atoms with E-state index < -0.39 is 0 Å². The minimum absolute atomic E-state index is 1.03. The summed E-state index contributed by atoms with van der Waals surface area (Å²) in [5, 5.41) is 0. The van der Waals surface area contributed by atoms with Crippen LogP contribution in [0.4, 0.5) is 11.4 Å². The molecule has 0 aliphatic carbocycles. The first-order valence-electron chi connectivity index (χ1n) is 10.8. The van der Waals surface area contributed by atoms with Crippen molar-refractivity contribution in [1.82, 2.24) is 0 Å². The first-order valence-corrected chi connectivity index (χ1v) is 11.6. The van der Waals surface area contributed by atoms with Crippen LogP contribution >= 0.6 is 11.8 Å². The Balaban J connectivity index is 1.65. The third-order valence-corrected chi connectivity index (χ3v) is 6.05. The molecule has 0 saturated heterocycles. The summed E-state index contributed by atoms with van der Waals surface area (Å²) in [7, 11) is 0. The minimum Gasteiger partial charge on any atom is -0.372 e. The number of allylic oxidation sites excluding steroid dienone is 2. The molecule has 2 aromatic rings. The number of nitrogens with zero attached hydrogens (tertiary/aromatic N) is 2. The fourth-order valence-corrected chi connectivity index (χ4v) is 4.36. The summed E-state index contributed by atoms with van der Waals surface area (Å²) in [4.78, 5) is 7.31. The summed E-state index contributed by atoms with van der Waals surface area (Å²) in [6.07, 6.45) is 4.33. The Bertz CT molecular complexity index is 663. The van der Waals surface area contributed by atoms with Crippen LogP contribution in [0.5, 0.6) is 0 Å². The summed E-state index contributed by atoms with van der Waals surface area (Å²) in [6, 6.07) is 21.3. The SMILES string of the molecule is C=C(CCCN(CC)c1ccccc1)SC(=C)CCCN(CC)c1ccccc1. The summed E-state index contributed by atoms with van der Waals surface area (Å²) in [5.74, 6) is 0. The molecule has 0 fully saturated rings. The molecule has 2 rings (SSSR count). The van der Waals surface area contributed by atoms with E-state index in [1.54, 1.807) is 11.8 Å². The summed E-state index contributed by atoms with van der Waals surface area (Å²) >= 11 is 1.78. The lowest BCUT2D eigenvalue weighted by Gasteiger charge is -2.23. The van der Waals surface area contributed by atoms with E-state index in [2.05, 4.69) is 97.5 Å². The number of hydrogen-bond donors (Lipinski definition) is 0. The zero-order valence-corrected chi connectivity index (χ0v) is 19.0. The van der Waals surface area contributed by atoms with Gasteiger partial charge in [-0.2, -0.15) is 0 Å². The molecule has 0 aliphatic heterocycles. The molecule has 3 heteroatoms. The Morgan fingerprint density at radius 1 is 0.690 bits per heavy atom. The van der Waals surface area contributed by atoms with Crippen LogP contribution < -0.4 is 9.80 Å². The Morgan fingerprint density at radius 2 is 1.07 bits per heavy atom. The predicted molar refractivity (Wildman–Crippen MR) is 133 cm³/mol. The smallest absolute Gasteiger partial charge is 0.0366 e. The fraction of sp³-hybridized carbons (Fsp3) is 0.385. The normalized spacial score (nSPS) is 10.6. The van der Waals surface area contributed by atoms with Crippen LogP contribution in [0.2, 0.25) is 0 Å². The maximum Gasteiger partial charge on any atom is 0.0366 e. The van der Waals surface area contributed by atoms with Crippen molar-refractivity contribution in [3.8, 4) is 0 Å². The lowest BCUT2D eigenvalue weighted by molar-refractivity contribution is 0.751. The summed E-state index contributed by atoms with van der Waals surface area (Å²) < 4.78 is 0. The lowest BCUT2D eigenvalue weighted by atomic mass is 10.2. The molecule has 0 spiro atoms. The number of anilines is 2. The Hall–Kier alpha value is -2.13. The van der Waals surface area contributed by atoms with E-state index in [0.717, 1.165) is 51.9 Å². The molecule has 0 aromatic heterocycles. The molecule has 0 unspecified atom stereocenters. The number of benzene rings is 2. The van der Waals surface area contributed by atoms with Gasteiger partial charge >= 0.3 is 0 Å². The first kappa shape index (κ1) is 23.2. The highest BCUT2D eigenvalue weighted by Crippen LogP contribution is 2.29. The molecule has 0 bridgehead atoms. The minimum atomic E-state index is 1.03. The molecular formula is C26H36N2S. The van der Waals surface area contributed by atoms with Gasteiger partial charge in [0, 0.05) is 37.6 Å². The third-order valence-electron chi connectivity index (χ3n) is 5.06. The molecule has 0 heterocycles. The van der Waals surface area contributed by atoms with Gasteiger partial charge < -0.3 is 9.80 Å². The van der Waals surface area contributed by atoms with Crippen molar-refractivity contribution in [2.75, 3.05) is 36.0 Å².